The van der Waals surface area contributed by atoms with Crippen LogP contribution >= 0.6 is 0 Å². The zero-order valence-electron chi connectivity index (χ0n) is 15.6. The number of allylic oxidation sites excluding steroid dienone is 4. The largest absolute Gasteiger partial charge is 0.207 e. The Bertz CT molecular complexity index is 789. The highest BCUT2D eigenvalue weighted by Gasteiger charge is 2.35. The Morgan fingerprint density at radius 3 is 1.77 bits per heavy atom. The van der Waals surface area contributed by atoms with Gasteiger partial charge in [-0.1, -0.05) is 63.1 Å². The van der Waals surface area contributed by atoms with Crippen LogP contribution in [0.3, 0.4) is 0 Å². The van der Waals surface area contributed by atoms with Crippen LogP contribution in [-0.2, 0) is 0 Å². The van der Waals surface area contributed by atoms with Crippen LogP contribution in [0.2, 0.25) is 0 Å². The van der Waals surface area contributed by atoms with Gasteiger partial charge < -0.3 is 0 Å². The zero-order valence-corrected chi connectivity index (χ0v) is 15.6. The topological polar surface area (TPSA) is 0 Å². The number of hydrogen-bond acceptors (Lipinski definition) is 0. The lowest BCUT2D eigenvalue weighted by molar-refractivity contribution is 0.407. The molecule has 4 rings (SSSR count). The minimum Gasteiger partial charge on any atom is -0.207 e. The van der Waals surface area contributed by atoms with E-state index < -0.39 is 0 Å². The van der Waals surface area contributed by atoms with Gasteiger partial charge in [-0.15, -0.1) is 0 Å². The SMILES string of the molecule is CC.Fc1ccc(C2=CC3(CCCC3)CC(c3ccc(F)cc3)=C2)cc1. The molecule has 0 bridgehead atoms. The summed E-state index contributed by atoms with van der Waals surface area (Å²) >= 11 is 0. The monoisotopic (exact) mass is 352 g/mol. The number of rotatable bonds is 2. The van der Waals surface area contributed by atoms with Gasteiger partial charge in [0, 0.05) is 0 Å². The smallest absolute Gasteiger partial charge is 0.123 e. The first-order chi connectivity index (χ1) is 12.6. The van der Waals surface area contributed by atoms with Gasteiger partial charge in [0.05, 0.1) is 0 Å². The Morgan fingerprint density at radius 2 is 1.23 bits per heavy atom. The maximum absolute atomic E-state index is 13.3. The summed E-state index contributed by atoms with van der Waals surface area (Å²) in [5.74, 6) is -0.423. The Morgan fingerprint density at radius 1 is 0.731 bits per heavy atom. The highest BCUT2D eigenvalue weighted by Crippen LogP contribution is 2.50. The van der Waals surface area contributed by atoms with E-state index in [2.05, 4.69) is 12.2 Å². The van der Waals surface area contributed by atoms with E-state index in [0.717, 1.165) is 23.1 Å². The molecule has 0 nitrogen and oxygen atoms in total. The number of benzene rings is 2. The van der Waals surface area contributed by atoms with Crippen molar-refractivity contribution in [2.45, 2.75) is 46.0 Å². The summed E-state index contributed by atoms with van der Waals surface area (Å²) in [6.45, 7) is 4.00. The Kier molecular flexibility index (Phi) is 5.70. The fourth-order valence-electron chi connectivity index (χ4n) is 4.10. The molecule has 1 saturated carbocycles. The van der Waals surface area contributed by atoms with E-state index in [1.165, 1.54) is 55.5 Å². The summed E-state index contributed by atoms with van der Waals surface area (Å²) in [4.78, 5) is 0. The molecule has 0 aromatic heterocycles. The van der Waals surface area contributed by atoms with Crippen LogP contribution in [0.4, 0.5) is 8.78 Å². The lowest BCUT2D eigenvalue weighted by atomic mass is 9.72. The Labute approximate surface area is 155 Å². The van der Waals surface area contributed by atoms with Crippen LogP contribution in [-0.4, -0.2) is 0 Å². The van der Waals surface area contributed by atoms with Crippen LogP contribution in [0, 0.1) is 17.0 Å². The number of hydrogen-bond donors (Lipinski definition) is 0. The van der Waals surface area contributed by atoms with Gasteiger partial charge in [-0.3, -0.25) is 0 Å². The lowest BCUT2D eigenvalue weighted by Crippen LogP contribution is -2.17. The average molecular weight is 352 g/mol. The van der Waals surface area contributed by atoms with Gasteiger partial charge in [0.1, 0.15) is 11.6 Å². The summed E-state index contributed by atoms with van der Waals surface area (Å²) in [5.41, 5.74) is 4.72. The first kappa shape index (κ1) is 18.6. The predicted octanol–water partition coefficient (Wildman–Crippen LogP) is 7.42. The second kappa shape index (κ2) is 7.99. The fourth-order valence-corrected chi connectivity index (χ4v) is 4.10. The first-order valence-electron chi connectivity index (χ1n) is 9.59. The molecule has 0 unspecified atom stereocenters. The quantitative estimate of drug-likeness (QED) is 0.527. The third-order valence-electron chi connectivity index (χ3n) is 5.33. The van der Waals surface area contributed by atoms with Crippen LogP contribution in [0.15, 0.2) is 60.7 Å². The molecule has 2 aromatic carbocycles. The molecule has 2 aliphatic rings. The molecule has 1 spiro atoms. The Hall–Kier alpha value is -2.22. The molecule has 2 heteroatoms. The standard InChI is InChI=1S/C22H20F2.C2H6/c23-20-7-3-16(4-8-20)18-13-19(17-5-9-21(24)10-6-17)15-22(14-18)11-1-2-12-22;1-2/h3-10,13-14H,1-2,11-12,15H2;1-2H3. The van der Waals surface area contributed by atoms with Crippen molar-refractivity contribution in [3.63, 3.8) is 0 Å². The maximum atomic E-state index is 13.3. The van der Waals surface area contributed by atoms with Crippen molar-refractivity contribution in [3.05, 3.63) is 83.4 Å². The van der Waals surface area contributed by atoms with E-state index in [1.54, 1.807) is 0 Å². The van der Waals surface area contributed by atoms with Crippen molar-refractivity contribution in [2.75, 3.05) is 0 Å². The molecule has 26 heavy (non-hydrogen) atoms. The van der Waals surface area contributed by atoms with E-state index in [4.69, 9.17) is 0 Å². The van der Waals surface area contributed by atoms with Crippen molar-refractivity contribution < 1.29 is 8.78 Å². The summed E-state index contributed by atoms with van der Waals surface area (Å²) in [6, 6.07) is 13.5. The predicted molar refractivity (Wildman–Crippen MR) is 106 cm³/mol. The van der Waals surface area contributed by atoms with Crippen LogP contribution in [0.25, 0.3) is 11.1 Å². The third kappa shape index (κ3) is 3.95. The normalized spacial score (nSPS) is 18.0. The molecule has 136 valence electrons. The highest BCUT2D eigenvalue weighted by molar-refractivity contribution is 5.86. The lowest BCUT2D eigenvalue weighted by Gasteiger charge is -2.32. The minimum atomic E-state index is -0.214. The Balaban J connectivity index is 0.000000948. The number of halogens is 2. The molecule has 0 atom stereocenters. The molecule has 1 fully saturated rings. The molecule has 0 aliphatic heterocycles. The summed E-state index contributed by atoms with van der Waals surface area (Å²) in [6.07, 6.45) is 10.5. The zero-order chi connectivity index (χ0) is 18.6. The third-order valence-corrected chi connectivity index (χ3v) is 5.33. The van der Waals surface area contributed by atoms with E-state index in [1.807, 2.05) is 38.1 Å². The highest BCUT2D eigenvalue weighted by atomic mass is 19.1. The molecule has 2 aliphatic carbocycles. The van der Waals surface area contributed by atoms with E-state index in [-0.39, 0.29) is 17.0 Å². The minimum absolute atomic E-state index is 0.197. The fraction of sp³-hybridized carbons (Fsp3) is 0.333. The van der Waals surface area contributed by atoms with Gasteiger partial charge in [0.25, 0.3) is 0 Å². The van der Waals surface area contributed by atoms with Gasteiger partial charge >= 0.3 is 0 Å². The van der Waals surface area contributed by atoms with Crippen LogP contribution < -0.4 is 0 Å². The molecule has 2 aromatic rings. The molecule has 0 radical (unpaired) electrons. The van der Waals surface area contributed by atoms with Gasteiger partial charge in [0.15, 0.2) is 0 Å². The van der Waals surface area contributed by atoms with E-state index in [0.29, 0.717) is 0 Å². The van der Waals surface area contributed by atoms with Gasteiger partial charge in [0.2, 0.25) is 0 Å². The molecular weight excluding hydrogens is 326 g/mol. The van der Waals surface area contributed by atoms with Crippen molar-refractivity contribution in [2.24, 2.45) is 5.41 Å². The maximum Gasteiger partial charge on any atom is 0.123 e. The summed E-state index contributed by atoms with van der Waals surface area (Å²) < 4.78 is 26.5. The average Bonchev–Trinajstić information content (AvgIpc) is 3.11. The van der Waals surface area contributed by atoms with Crippen molar-refractivity contribution in [1.82, 2.24) is 0 Å². The molecular formula is C24H26F2. The second-order valence-corrected chi connectivity index (χ2v) is 7.03. The van der Waals surface area contributed by atoms with Gasteiger partial charge in [-0.2, -0.15) is 0 Å². The second-order valence-electron chi connectivity index (χ2n) is 7.03. The van der Waals surface area contributed by atoms with Crippen molar-refractivity contribution in [1.29, 1.82) is 0 Å². The van der Waals surface area contributed by atoms with Gasteiger partial charge in [-0.05, 0) is 71.2 Å². The van der Waals surface area contributed by atoms with Crippen molar-refractivity contribution >= 4 is 11.1 Å². The van der Waals surface area contributed by atoms with Crippen LogP contribution in [0.5, 0.6) is 0 Å². The summed E-state index contributed by atoms with van der Waals surface area (Å²) in [5, 5.41) is 0. The van der Waals surface area contributed by atoms with E-state index in [9.17, 15) is 8.78 Å². The van der Waals surface area contributed by atoms with Crippen molar-refractivity contribution in [3.8, 4) is 0 Å². The van der Waals surface area contributed by atoms with Crippen LogP contribution in [0.1, 0.15) is 57.1 Å². The molecule has 0 N–H and O–H groups in total. The molecule has 0 heterocycles. The van der Waals surface area contributed by atoms with Gasteiger partial charge in [-0.25, -0.2) is 8.78 Å². The summed E-state index contributed by atoms with van der Waals surface area (Å²) in [7, 11) is 0. The van der Waals surface area contributed by atoms with E-state index >= 15 is 0 Å². The first-order valence-corrected chi connectivity index (χ1v) is 9.59. The molecule has 0 amide bonds. The molecule has 0 saturated heterocycles.